The summed E-state index contributed by atoms with van der Waals surface area (Å²) in [5.74, 6) is 0. The van der Waals surface area contributed by atoms with E-state index in [0.29, 0.717) is 26.4 Å². The molecule has 4 nitrogen and oxygen atoms in total. The highest BCUT2D eigenvalue weighted by Crippen LogP contribution is 1.96. The second kappa shape index (κ2) is 3.88. The molecule has 2 aliphatic rings. The van der Waals surface area contributed by atoms with E-state index in [9.17, 15) is 0 Å². The van der Waals surface area contributed by atoms with Gasteiger partial charge in [-0.25, -0.2) is 0 Å². The van der Waals surface area contributed by atoms with E-state index in [0.717, 1.165) is 0 Å². The Balaban J connectivity index is 0.0000001000. The summed E-state index contributed by atoms with van der Waals surface area (Å²) < 4.78 is 9.17. The average Bonchev–Trinajstić information content (AvgIpc) is 1.80. The predicted octanol–water partition coefficient (Wildman–Crippen LogP) is -1.24. The maximum absolute atomic E-state index is 8.32. The third-order valence-electron chi connectivity index (χ3n) is 1.24. The van der Waals surface area contributed by atoms with Crippen molar-refractivity contribution in [1.29, 1.82) is 0 Å². The van der Waals surface area contributed by atoms with Gasteiger partial charge in [-0.1, -0.05) is 0 Å². The van der Waals surface area contributed by atoms with Gasteiger partial charge in [-0.3, -0.25) is 0 Å². The zero-order valence-electron chi connectivity index (χ0n) is 5.69. The molecule has 2 fully saturated rings. The highest BCUT2D eigenvalue weighted by atomic mass is 16.5. The van der Waals surface area contributed by atoms with Crippen LogP contribution < -0.4 is 0 Å². The molecule has 2 saturated heterocycles. The molecule has 10 heavy (non-hydrogen) atoms. The highest BCUT2D eigenvalue weighted by Gasteiger charge is 2.12. The maximum atomic E-state index is 8.32. The Morgan fingerprint density at radius 3 is 1.00 bits per heavy atom. The average molecular weight is 148 g/mol. The van der Waals surface area contributed by atoms with Gasteiger partial charge in [0, 0.05) is 0 Å². The van der Waals surface area contributed by atoms with Gasteiger partial charge in [-0.2, -0.15) is 0 Å². The number of rotatable bonds is 0. The minimum atomic E-state index is -0.157. The molecule has 0 radical (unpaired) electrons. The lowest BCUT2D eigenvalue weighted by Crippen LogP contribution is -2.32. The van der Waals surface area contributed by atoms with Gasteiger partial charge >= 0.3 is 0 Å². The maximum Gasteiger partial charge on any atom is 0.101 e. The summed E-state index contributed by atoms with van der Waals surface area (Å²) in [7, 11) is 0. The fraction of sp³-hybridized carbons (Fsp3) is 1.00. The van der Waals surface area contributed by atoms with E-state index in [1.54, 1.807) is 0 Å². The Morgan fingerprint density at radius 2 is 1.00 bits per heavy atom. The van der Waals surface area contributed by atoms with Crippen molar-refractivity contribution in [2.75, 3.05) is 26.4 Å². The summed E-state index contributed by atoms with van der Waals surface area (Å²) in [5, 5.41) is 16.6. The third kappa shape index (κ3) is 2.62. The van der Waals surface area contributed by atoms with Crippen LogP contribution in [-0.4, -0.2) is 48.8 Å². The Bertz CT molecular complexity index is 75.7. The van der Waals surface area contributed by atoms with Crippen LogP contribution in [0.3, 0.4) is 0 Å². The predicted molar refractivity (Wildman–Crippen MR) is 33.7 cm³/mol. The molecule has 2 aliphatic heterocycles. The molecule has 0 bridgehead atoms. The van der Waals surface area contributed by atoms with Gasteiger partial charge < -0.3 is 19.7 Å². The molecule has 0 atom stereocenters. The van der Waals surface area contributed by atoms with E-state index in [-0.39, 0.29) is 12.2 Å². The van der Waals surface area contributed by atoms with E-state index in [1.807, 2.05) is 0 Å². The third-order valence-corrected chi connectivity index (χ3v) is 1.24. The van der Waals surface area contributed by atoms with Crippen molar-refractivity contribution in [1.82, 2.24) is 0 Å². The molecule has 0 aliphatic carbocycles. The summed E-state index contributed by atoms with van der Waals surface area (Å²) in [5.41, 5.74) is 0. The first-order chi connectivity index (χ1) is 4.79. The van der Waals surface area contributed by atoms with E-state index in [2.05, 4.69) is 9.47 Å². The Morgan fingerprint density at radius 1 is 0.800 bits per heavy atom. The molecule has 0 amide bonds. The molecular weight excluding hydrogens is 136 g/mol. The molecule has 4 heteroatoms. The summed E-state index contributed by atoms with van der Waals surface area (Å²) >= 11 is 0. The zero-order valence-corrected chi connectivity index (χ0v) is 5.69. The quantitative estimate of drug-likeness (QED) is 0.451. The first-order valence-corrected chi connectivity index (χ1v) is 3.30. The van der Waals surface area contributed by atoms with Gasteiger partial charge in [0.2, 0.25) is 0 Å². The van der Waals surface area contributed by atoms with Crippen LogP contribution in [0.2, 0.25) is 0 Å². The molecule has 0 aromatic heterocycles. The Hall–Kier alpha value is -0.160. The van der Waals surface area contributed by atoms with Crippen LogP contribution in [-0.2, 0) is 9.47 Å². The number of aliphatic hydroxyl groups excluding tert-OH is 2. The number of hydrogen-bond donors (Lipinski definition) is 2. The van der Waals surface area contributed by atoms with Gasteiger partial charge in [-0.05, 0) is 0 Å². The Kier molecular flexibility index (Phi) is 3.08. The van der Waals surface area contributed by atoms with E-state index in [1.165, 1.54) is 0 Å². The summed E-state index contributed by atoms with van der Waals surface area (Å²) in [4.78, 5) is 0. The molecule has 2 heterocycles. The molecular formula is C6H12O4. The molecule has 60 valence electrons. The lowest BCUT2D eigenvalue weighted by molar-refractivity contribution is -0.0936. The second-order valence-electron chi connectivity index (χ2n) is 2.38. The van der Waals surface area contributed by atoms with Crippen LogP contribution in [0.4, 0.5) is 0 Å². The van der Waals surface area contributed by atoms with Crippen LogP contribution in [0.25, 0.3) is 0 Å². The van der Waals surface area contributed by atoms with Crippen molar-refractivity contribution < 1.29 is 19.7 Å². The minimum Gasteiger partial charge on any atom is -0.388 e. The lowest BCUT2D eigenvalue weighted by atomic mass is 10.3. The molecule has 0 unspecified atom stereocenters. The van der Waals surface area contributed by atoms with Crippen molar-refractivity contribution in [2.45, 2.75) is 12.2 Å². The first kappa shape index (κ1) is 7.94. The van der Waals surface area contributed by atoms with Crippen LogP contribution >= 0.6 is 0 Å². The van der Waals surface area contributed by atoms with E-state index < -0.39 is 0 Å². The molecule has 0 aromatic rings. The van der Waals surface area contributed by atoms with E-state index in [4.69, 9.17) is 10.2 Å². The Labute approximate surface area is 59.4 Å². The number of hydrogen-bond acceptors (Lipinski definition) is 4. The fourth-order valence-electron chi connectivity index (χ4n) is 0.447. The second-order valence-corrected chi connectivity index (χ2v) is 2.38. The van der Waals surface area contributed by atoms with Crippen molar-refractivity contribution >= 4 is 0 Å². The lowest BCUT2D eigenvalue weighted by Gasteiger charge is -2.18. The smallest absolute Gasteiger partial charge is 0.101 e. The zero-order chi connectivity index (χ0) is 7.40. The number of aliphatic hydroxyl groups is 2. The molecule has 0 spiro atoms. The summed E-state index contributed by atoms with van der Waals surface area (Å²) in [6, 6.07) is 0. The van der Waals surface area contributed by atoms with Gasteiger partial charge in [0.15, 0.2) is 0 Å². The molecule has 2 rings (SSSR count). The highest BCUT2D eigenvalue weighted by molar-refractivity contribution is 4.59. The van der Waals surface area contributed by atoms with Gasteiger partial charge in [0.1, 0.15) is 12.2 Å². The monoisotopic (exact) mass is 148 g/mol. The van der Waals surface area contributed by atoms with Crippen molar-refractivity contribution in [3.63, 3.8) is 0 Å². The largest absolute Gasteiger partial charge is 0.388 e. The van der Waals surface area contributed by atoms with E-state index >= 15 is 0 Å². The molecule has 2 N–H and O–H groups in total. The fourth-order valence-corrected chi connectivity index (χ4v) is 0.447. The van der Waals surface area contributed by atoms with Crippen LogP contribution in [0.15, 0.2) is 0 Å². The van der Waals surface area contributed by atoms with Gasteiger partial charge in [-0.15, -0.1) is 0 Å². The van der Waals surface area contributed by atoms with Crippen LogP contribution in [0.1, 0.15) is 0 Å². The summed E-state index contributed by atoms with van der Waals surface area (Å²) in [6.07, 6.45) is -0.315. The first-order valence-electron chi connectivity index (χ1n) is 3.30. The van der Waals surface area contributed by atoms with Gasteiger partial charge in [0.25, 0.3) is 0 Å². The standard InChI is InChI=1S/2C3H6O2/c2*4-3-1-5-2-3/h2*3-4H,1-2H2. The minimum absolute atomic E-state index is 0.157. The van der Waals surface area contributed by atoms with Crippen molar-refractivity contribution in [2.24, 2.45) is 0 Å². The van der Waals surface area contributed by atoms with Gasteiger partial charge in [0.05, 0.1) is 26.4 Å². The SMILES string of the molecule is OC1COC1.OC1COC1. The molecule has 0 aromatic carbocycles. The van der Waals surface area contributed by atoms with Crippen LogP contribution in [0.5, 0.6) is 0 Å². The topological polar surface area (TPSA) is 58.9 Å². The number of ether oxygens (including phenoxy) is 2. The van der Waals surface area contributed by atoms with Crippen molar-refractivity contribution in [3.8, 4) is 0 Å². The molecule has 0 saturated carbocycles. The normalized spacial score (nSPS) is 25.8. The van der Waals surface area contributed by atoms with Crippen molar-refractivity contribution in [3.05, 3.63) is 0 Å². The summed E-state index contributed by atoms with van der Waals surface area (Å²) in [6.45, 7) is 2.17. The van der Waals surface area contributed by atoms with Crippen LogP contribution in [0, 0.1) is 0 Å².